The van der Waals surface area contributed by atoms with E-state index in [2.05, 4.69) is 25.7 Å². The number of aromatic nitrogens is 7. The Bertz CT molecular complexity index is 434. The van der Waals surface area contributed by atoms with Crippen LogP contribution in [0.5, 0.6) is 0 Å². The fourth-order valence-corrected chi connectivity index (χ4v) is 1.35. The van der Waals surface area contributed by atoms with Crippen LogP contribution < -0.4 is 0 Å². The number of nitrogens with zero attached hydrogens (tertiary/aromatic N) is 7. The van der Waals surface area contributed by atoms with Gasteiger partial charge in [-0.1, -0.05) is 5.21 Å². The molecule has 2 aromatic rings. The van der Waals surface area contributed by atoms with Crippen molar-refractivity contribution >= 4 is 11.6 Å². The largest absolute Gasteiger partial charge is 0.244 e. The van der Waals surface area contributed by atoms with Gasteiger partial charge in [-0.3, -0.25) is 0 Å². The fourth-order valence-electron chi connectivity index (χ4n) is 1.16. The highest BCUT2D eigenvalue weighted by atomic mass is 35.5. The first kappa shape index (κ1) is 10.0. The highest BCUT2D eigenvalue weighted by molar-refractivity contribution is 6.17. The van der Waals surface area contributed by atoms with E-state index in [0.29, 0.717) is 18.2 Å². The number of aryl methyl sites for hydroxylation is 2. The Morgan fingerprint density at radius 3 is 2.87 bits per heavy atom. The molecule has 2 aromatic heterocycles. The summed E-state index contributed by atoms with van der Waals surface area (Å²) in [4.78, 5) is 1.41. The Balaban J connectivity index is 2.04. The van der Waals surface area contributed by atoms with Crippen molar-refractivity contribution in [3.8, 4) is 0 Å². The highest BCUT2D eigenvalue weighted by Crippen LogP contribution is 1.98. The SMILES string of the molecule is Cn1nnc(Cn2cc(CCCl)nn2)n1. The summed E-state index contributed by atoms with van der Waals surface area (Å²) in [7, 11) is 1.72. The summed E-state index contributed by atoms with van der Waals surface area (Å²) in [6.07, 6.45) is 2.55. The molecule has 0 fully saturated rings. The molecule has 0 aliphatic rings. The van der Waals surface area contributed by atoms with Crippen LogP contribution in [-0.4, -0.2) is 41.1 Å². The minimum absolute atomic E-state index is 0.475. The Morgan fingerprint density at radius 1 is 1.33 bits per heavy atom. The number of hydrogen-bond donors (Lipinski definition) is 0. The average molecular weight is 228 g/mol. The Kier molecular flexibility index (Phi) is 2.91. The monoisotopic (exact) mass is 227 g/mol. The van der Waals surface area contributed by atoms with Crippen molar-refractivity contribution < 1.29 is 0 Å². The molecule has 0 unspecified atom stereocenters. The second kappa shape index (κ2) is 4.35. The van der Waals surface area contributed by atoms with Crippen LogP contribution in [-0.2, 0) is 20.0 Å². The maximum absolute atomic E-state index is 5.59. The first-order valence-corrected chi connectivity index (χ1v) is 4.99. The lowest BCUT2D eigenvalue weighted by atomic mass is 10.4. The van der Waals surface area contributed by atoms with E-state index in [9.17, 15) is 0 Å². The summed E-state index contributed by atoms with van der Waals surface area (Å²) in [5.41, 5.74) is 0.869. The van der Waals surface area contributed by atoms with Gasteiger partial charge >= 0.3 is 0 Å². The molecule has 80 valence electrons. The molecule has 2 rings (SSSR count). The normalized spacial score (nSPS) is 10.8. The van der Waals surface area contributed by atoms with Gasteiger partial charge in [-0.15, -0.1) is 26.9 Å². The van der Waals surface area contributed by atoms with Gasteiger partial charge in [0.15, 0.2) is 5.82 Å². The van der Waals surface area contributed by atoms with E-state index in [1.54, 1.807) is 11.7 Å². The summed E-state index contributed by atoms with van der Waals surface area (Å²) in [5, 5.41) is 19.5. The van der Waals surface area contributed by atoms with Crippen molar-refractivity contribution in [3.05, 3.63) is 17.7 Å². The standard InChI is InChI=1S/C7H10ClN7/c1-14-11-7(10-12-14)5-15-4-6(2-3-8)9-13-15/h4H,2-3,5H2,1H3. The number of hydrogen-bond acceptors (Lipinski definition) is 5. The molecule has 2 heterocycles. The minimum atomic E-state index is 0.475. The zero-order chi connectivity index (χ0) is 10.7. The maximum atomic E-state index is 5.59. The highest BCUT2D eigenvalue weighted by Gasteiger charge is 2.04. The number of tetrazole rings is 1. The van der Waals surface area contributed by atoms with Crippen molar-refractivity contribution in [2.24, 2.45) is 7.05 Å². The second-order valence-electron chi connectivity index (χ2n) is 3.04. The summed E-state index contributed by atoms with van der Waals surface area (Å²) in [5.74, 6) is 1.15. The van der Waals surface area contributed by atoms with Gasteiger partial charge in [0.2, 0.25) is 0 Å². The van der Waals surface area contributed by atoms with Crippen molar-refractivity contribution in [1.82, 2.24) is 35.2 Å². The van der Waals surface area contributed by atoms with Crippen molar-refractivity contribution in [2.45, 2.75) is 13.0 Å². The quantitative estimate of drug-likeness (QED) is 0.667. The predicted octanol–water partition coefficient (Wildman–Crippen LogP) is -0.369. The van der Waals surface area contributed by atoms with Gasteiger partial charge in [0.25, 0.3) is 0 Å². The fraction of sp³-hybridized carbons (Fsp3) is 0.571. The molecule has 0 N–H and O–H groups in total. The van der Waals surface area contributed by atoms with Crippen LogP contribution >= 0.6 is 11.6 Å². The summed E-state index contributed by atoms with van der Waals surface area (Å²) in [6, 6.07) is 0. The van der Waals surface area contributed by atoms with Crippen molar-refractivity contribution in [3.63, 3.8) is 0 Å². The Morgan fingerprint density at radius 2 is 2.20 bits per heavy atom. The van der Waals surface area contributed by atoms with Crippen LogP contribution in [0.3, 0.4) is 0 Å². The Hall–Kier alpha value is -1.50. The molecule has 0 aromatic carbocycles. The summed E-state index contributed by atoms with van der Waals surface area (Å²) < 4.78 is 1.67. The summed E-state index contributed by atoms with van der Waals surface area (Å²) in [6.45, 7) is 0.475. The molecule has 0 aliphatic heterocycles. The number of halogens is 1. The lowest BCUT2D eigenvalue weighted by Crippen LogP contribution is -2.03. The second-order valence-corrected chi connectivity index (χ2v) is 3.42. The molecule has 0 saturated heterocycles. The van der Waals surface area contributed by atoms with Gasteiger partial charge in [0, 0.05) is 18.5 Å². The first-order valence-electron chi connectivity index (χ1n) is 4.46. The lowest BCUT2D eigenvalue weighted by molar-refractivity contribution is 0.607. The van der Waals surface area contributed by atoms with Crippen LogP contribution in [0.15, 0.2) is 6.20 Å². The van der Waals surface area contributed by atoms with Gasteiger partial charge in [-0.25, -0.2) is 4.68 Å². The van der Waals surface area contributed by atoms with E-state index in [1.807, 2.05) is 6.20 Å². The van der Waals surface area contributed by atoms with Crippen LogP contribution in [0.2, 0.25) is 0 Å². The molecule has 0 saturated carbocycles. The number of alkyl halides is 1. The first-order chi connectivity index (χ1) is 7.28. The van der Waals surface area contributed by atoms with E-state index in [-0.39, 0.29) is 0 Å². The van der Waals surface area contributed by atoms with E-state index in [1.165, 1.54) is 4.80 Å². The summed E-state index contributed by atoms with van der Waals surface area (Å²) >= 11 is 5.59. The van der Waals surface area contributed by atoms with E-state index >= 15 is 0 Å². The molecule has 8 heteroatoms. The van der Waals surface area contributed by atoms with Crippen LogP contribution in [0.1, 0.15) is 11.5 Å². The van der Waals surface area contributed by atoms with E-state index < -0.39 is 0 Å². The molecule has 7 nitrogen and oxygen atoms in total. The van der Waals surface area contributed by atoms with Gasteiger partial charge in [-0.2, -0.15) is 4.80 Å². The third kappa shape index (κ3) is 2.50. The predicted molar refractivity (Wildman–Crippen MR) is 52.3 cm³/mol. The molecule has 0 aliphatic carbocycles. The van der Waals surface area contributed by atoms with Crippen molar-refractivity contribution in [1.29, 1.82) is 0 Å². The third-order valence-corrected chi connectivity index (χ3v) is 1.98. The average Bonchev–Trinajstić information content (AvgIpc) is 2.78. The molecular formula is C7H10ClN7. The maximum Gasteiger partial charge on any atom is 0.196 e. The smallest absolute Gasteiger partial charge is 0.196 e. The van der Waals surface area contributed by atoms with Crippen LogP contribution in [0.25, 0.3) is 0 Å². The van der Waals surface area contributed by atoms with E-state index in [0.717, 1.165) is 12.1 Å². The van der Waals surface area contributed by atoms with Crippen LogP contribution in [0.4, 0.5) is 0 Å². The zero-order valence-electron chi connectivity index (χ0n) is 8.21. The molecule has 0 atom stereocenters. The van der Waals surface area contributed by atoms with Gasteiger partial charge in [0.05, 0.1) is 12.7 Å². The van der Waals surface area contributed by atoms with Gasteiger partial charge in [0.1, 0.15) is 6.54 Å². The molecule has 15 heavy (non-hydrogen) atoms. The molecule has 0 radical (unpaired) electrons. The van der Waals surface area contributed by atoms with Gasteiger partial charge in [-0.05, 0) is 5.21 Å². The molecule has 0 amide bonds. The topological polar surface area (TPSA) is 74.3 Å². The van der Waals surface area contributed by atoms with Crippen molar-refractivity contribution in [2.75, 3.05) is 5.88 Å². The minimum Gasteiger partial charge on any atom is -0.244 e. The lowest BCUT2D eigenvalue weighted by Gasteiger charge is -1.92. The third-order valence-electron chi connectivity index (χ3n) is 1.79. The number of rotatable bonds is 4. The van der Waals surface area contributed by atoms with Crippen LogP contribution in [0, 0.1) is 0 Å². The molecule has 0 bridgehead atoms. The molecular weight excluding hydrogens is 218 g/mol. The van der Waals surface area contributed by atoms with E-state index in [4.69, 9.17) is 11.6 Å². The molecule has 0 spiro atoms. The van der Waals surface area contributed by atoms with Gasteiger partial charge < -0.3 is 0 Å². The zero-order valence-corrected chi connectivity index (χ0v) is 8.96. The Labute approximate surface area is 91.0 Å².